The van der Waals surface area contributed by atoms with Crippen molar-refractivity contribution < 1.29 is 0 Å². The van der Waals surface area contributed by atoms with E-state index in [0.717, 1.165) is 71.7 Å². The highest BCUT2D eigenvalue weighted by Crippen LogP contribution is 2.44. The van der Waals surface area contributed by atoms with E-state index >= 15 is 0 Å². The van der Waals surface area contributed by atoms with E-state index in [1.165, 1.54) is 42.2 Å². The van der Waals surface area contributed by atoms with Gasteiger partial charge in [0.2, 0.25) is 5.95 Å². The maximum absolute atomic E-state index is 5.46. The number of nitrogens with zero attached hydrogens (tertiary/aromatic N) is 5. The van der Waals surface area contributed by atoms with Crippen LogP contribution in [0.15, 0.2) is 237 Å². The number of rotatable bonds is 7. The quantitative estimate of drug-likeness (QED) is 0.160. The van der Waals surface area contributed by atoms with Gasteiger partial charge in [-0.25, -0.2) is 4.98 Å². The molecule has 322 valence electrons. The maximum Gasteiger partial charge on any atom is 0.238 e. The smallest absolute Gasteiger partial charge is 0.238 e. The van der Waals surface area contributed by atoms with Crippen LogP contribution in [0.1, 0.15) is 0 Å². The molecule has 0 saturated heterocycles. The topological polar surface area (TPSA) is 48.5 Å². The third kappa shape index (κ3) is 6.49. The second-order valence-corrected chi connectivity index (χ2v) is 18.7. The number of hydrogen-bond acceptors (Lipinski definition) is 4. The molecule has 0 spiro atoms. The molecule has 0 aliphatic carbocycles. The Morgan fingerprint density at radius 2 is 0.754 bits per heavy atom. The van der Waals surface area contributed by atoms with E-state index in [2.05, 4.69) is 228 Å². The molecule has 4 heterocycles. The van der Waals surface area contributed by atoms with Crippen molar-refractivity contribution in [1.29, 1.82) is 0 Å². The van der Waals surface area contributed by atoms with E-state index < -0.39 is 0 Å². The number of hydrogen-bond donors (Lipinski definition) is 0. The fourth-order valence-corrected chi connectivity index (χ4v) is 11.4. The maximum atomic E-state index is 5.46. The zero-order valence-corrected chi connectivity index (χ0v) is 38.0. The van der Waals surface area contributed by atoms with Crippen LogP contribution < -0.4 is 0 Å². The summed E-state index contributed by atoms with van der Waals surface area (Å²) in [7, 11) is 0. The Hall–Kier alpha value is -8.97. The van der Waals surface area contributed by atoms with E-state index in [4.69, 9.17) is 15.0 Å². The first kappa shape index (κ1) is 39.2. The molecule has 0 aliphatic rings. The van der Waals surface area contributed by atoms with Gasteiger partial charge in [-0.15, -0.1) is 11.3 Å². The molecule has 14 rings (SSSR count). The molecule has 5 nitrogen and oxygen atoms in total. The minimum atomic E-state index is 0.551. The highest BCUT2D eigenvalue weighted by atomic mass is 32.1. The summed E-state index contributed by atoms with van der Waals surface area (Å²) in [6.07, 6.45) is 0. The number of para-hydroxylation sites is 2. The summed E-state index contributed by atoms with van der Waals surface area (Å²) in [6, 6.07) is 84.6. The van der Waals surface area contributed by atoms with Crippen molar-refractivity contribution in [2.75, 3.05) is 0 Å². The SMILES string of the molecule is c1ccc(-c2cccc(-c3ccc(-c4nc(-c5ccccc5)nc(-n5c6ccc(-c7ccc8sc9ccccc9c8c7)cc6c6ccc7c8ccccc8n(-c8ccccc8)c7c65)n4)cc3)c2)cc1. The van der Waals surface area contributed by atoms with Crippen molar-refractivity contribution in [2.24, 2.45) is 0 Å². The van der Waals surface area contributed by atoms with Crippen LogP contribution >= 0.6 is 11.3 Å². The molecular weight excluding hydrogens is 859 g/mol. The first-order chi connectivity index (χ1) is 34.2. The van der Waals surface area contributed by atoms with Gasteiger partial charge in [0.1, 0.15) is 0 Å². The van der Waals surface area contributed by atoms with Gasteiger partial charge in [0.05, 0.1) is 22.1 Å². The number of benzene rings is 10. The number of fused-ring (bicyclic) bond motifs is 10. The van der Waals surface area contributed by atoms with Gasteiger partial charge >= 0.3 is 0 Å². The van der Waals surface area contributed by atoms with E-state index in [1.54, 1.807) is 0 Å². The average molecular weight is 898 g/mol. The molecule has 0 unspecified atom stereocenters. The third-order valence-corrected chi connectivity index (χ3v) is 14.7. The van der Waals surface area contributed by atoms with Crippen LogP contribution in [0, 0.1) is 0 Å². The molecule has 0 aliphatic heterocycles. The summed E-state index contributed by atoms with van der Waals surface area (Å²) in [5.41, 5.74) is 14.1. The van der Waals surface area contributed by atoms with Gasteiger partial charge in [0, 0.05) is 58.5 Å². The first-order valence-corrected chi connectivity index (χ1v) is 24.1. The largest absolute Gasteiger partial charge is 0.307 e. The van der Waals surface area contributed by atoms with Crippen LogP contribution in [0.4, 0.5) is 0 Å². The molecule has 0 bridgehead atoms. The van der Waals surface area contributed by atoms with Crippen LogP contribution in [0.3, 0.4) is 0 Å². The predicted molar refractivity (Wildman–Crippen MR) is 289 cm³/mol. The molecule has 0 amide bonds. The van der Waals surface area contributed by atoms with Crippen molar-refractivity contribution in [3.8, 4) is 67.8 Å². The zero-order chi connectivity index (χ0) is 45.4. The van der Waals surface area contributed by atoms with E-state index in [-0.39, 0.29) is 0 Å². The fraction of sp³-hybridized carbons (Fsp3) is 0. The predicted octanol–water partition coefficient (Wildman–Crippen LogP) is 16.8. The van der Waals surface area contributed by atoms with Gasteiger partial charge < -0.3 is 4.57 Å². The van der Waals surface area contributed by atoms with E-state index in [0.29, 0.717) is 17.6 Å². The van der Waals surface area contributed by atoms with Gasteiger partial charge in [-0.2, -0.15) is 9.97 Å². The minimum absolute atomic E-state index is 0.551. The molecular formula is C63H39N5S. The average Bonchev–Trinajstić information content (AvgIpc) is 4.09. The van der Waals surface area contributed by atoms with Crippen molar-refractivity contribution in [3.05, 3.63) is 237 Å². The minimum Gasteiger partial charge on any atom is -0.307 e. The van der Waals surface area contributed by atoms with Crippen LogP contribution in [0.5, 0.6) is 0 Å². The molecule has 69 heavy (non-hydrogen) atoms. The molecule has 6 heteroatoms. The van der Waals surface area contributed by atoms with Crippen LogP contribution in [-0.2, 0) is 0 Å². The van der Waals surface area contributed by atoms with Gasteiger partial charge in [-0.05, 0) is 88.0 Å². The molecule has 4 aromatic heterocycles. The molecule has 0 N–H and O–H groups in total. The monoisotopic (exact) mass is 897 g/mol. The lowest BCUT2D eigenvalue weighted by atomic mass is 9.98. The Labute approximate surface area is 401 Å². The fourth-order valence-electron chi connectivity index (χ4n) is 10.3. The molecule has 0 fully saturated rings. The van der Waals surface area contributed by atoms with Gasteiger partial charge in [0.25, 0.3) is 0 Å². The normalized spacial score (nSPS) is 11.8. The summed E-state index contributed by atoms with van der Waals surface area (Å²) < 4.78 is 7.29. The number of aromatic nitrogens is 5. The van der Waals surface area contributed by atoms with Gasteiger partial charge in [0.15, 0.2) is 11.6 Å². The third-order valence-electron chi connectivity index (χ3n) is 13.6. The standard InChI is InChI=1S/C63H39N5S/c1-4-15-40(16-5-1)44-19-14-20-45(37-44)41-27-29-43(30-28-41)62-64-61(42-17-6-2-7-18-42)65-63(66-62)68-56-35-31-46(47-32-36-58-54(39-47)50-24-11-13-26-57(50)69-58)38-53(56)52-34-33-51-49-23-10-12-25-55(49)67(59(51)60(52)68)48-21-8-3-9-22-48/h1-39H. The zero-order valence-electron chi connectivity index (χ0n) is 37.2. The summed E-state index contributed by atoms with van der Waals surface area (Å²) in [5, 5.41) is 7.15. The van der Waals surface area contributed by atoms with E-state index in [1.807, 2.05) is 29.5 Å². The van der Waals surface area contributed by atoms with Crippen LogP contribution in [0.2, 0.25) is 0 Å². The van der Waals surface area contributed by atoms with Crippen molar-refractivity contribution >= 4 is 75.1 Å². The van der Waals surface area contributed by atoms with Gasteiger partial charge in [-0.3, -0.25) is 4.57 Å². The lowest BCUT2D eigenvalue weighted by Crippen LogP contribution is -2.07. The molecule has 0 atom stereocenters. The van der Waals surface area contributed by atoms with Crippen molar-refractivity contribution in [3.63, 3.8) is 0 Å². The summed E-state index contributed by atoms with van der Waals surface area (Å²) in [5.74, 6) is 1.76. The van der Waals surface area contributed by atoms with Gasteiger partial charge in [-0.1, -0.05) is 182 Å². The van der Waals surface area contributed by atoms with E-state index in [9.17, 15) is 0 Å². The first-order valence-electron chi connectivity index (χ1n) is 23.3. The summed E-state index contributed by atoms with van der Waals surface area (Å²) >= 11 is 1.85. The lowest BCUT2D eigenvalue weighted by molar-refractivity contribution is 0.953. The Bertz CT molecular complexity index is 4280. The Morgan fingerprint density at radius 3 is 1.49 bits per heavy atom. The highest BCUT2D eigenvalue weighted by molar-refractivity contribution is 7.25. The number of thiophene rings is 1. The molecule has 0 saturated carbocycles. The molecule has 0 radical (unpaired) electrons. The van der Waals surface area contributed by atoms with Crippen LogP contribution in [0.25, 0.3) is 132 Å². The lowest BCUT2D eigenvalue weighted by Gasteiger charge is -2.13. The summed E-state index contributed by atoms with van der Waals surface area (Å²) in [4.78, 5) is 16.1. The Morgan fingerprint density at radius 1 is 0.275 bits per heavy atom. The van der Waals surface area contributed by atoms with Crippen molar-refractivity contribution in [1.82, 2.24) is 24.1 Å². The summed E-state index contributed by atoms with van der Waals surface area (Å²) in [6.45, 7) is 0. The molecule has 14 aromatic rings. The second-order valence-electron chi connectivity index (χ2n) is 17.6. The van der Waals surface area contributed by atoms with Crippen molar-refractivity contribution in [2.45, 2.75) is 0 Å². The Balaban J connectivity index is 1.02. The molecule has 10 aromatic carbocycles. The second kappa shape index (κ2) is 15.8. The highest BCUT2D eigenvalue weighted by Gasteiger charge is 2.24. The Kier molecular flexibility index (Phi) is 9.00. The van der Waals surface area contributed by atoms with Crippen LogP contribution in [-0.4, -0.2) is 24.1 Å².